The average molecular weight is 290 g/mol. The van der Waals surface area contributed by atoms with Crippen molar-refractivity contribution in [3.63, 3.8) is 0 Å². The van der Waals surface area contributed by atoms with E-state index < -0.39 is 4.92 Å². The third-order valence-corrected chi connectivity index (χ3v) is 3.08. The summed E-state index contributed by atoms with van der Waals surface area (Å²) in [6.45, 7) is 2.00. The van der Waals surface area contributed by atoms with Gasteiger partial charge >= 0.3 is 0 Å². The van der Waals surface area contributed by atoms with Crippen LogP contribution in [-0.4, -0.2) is 23.0 Å². The molecule has 0 spiro atoms. The molecule has 1 atom stereocenters. The molecule has 0 saturated carbocycles. The third kappa shape index (κ3) is 4.20. The van der Waals surface area contributed by atoms with E-state index in [9.17, 15) is 10.1 Å². The molecule has 7 nitrogen and oxygen atoms in total. The number of hydrogen-bond acceptors (Lipinski definition) is 6. The molecule has 2 N–H and O–H groups in total. The lowest BCUT2D eigenvalue weighted by Gasteiger charge is -2.14. The van der Waals surface area contributed by atoms with Crippen molar-refractivity contribution < 1.29 is 9.34 Å². The number of nitrogens with one attached hydrogen (secondary N) is 2. The Kier molecular flexibility index (Phi) is 4.76. The van der Waals surface area contributed by atoms with Crippen molar-refractivity contribution in [1.29, 1.82) is 0 Å². The number of furan rings is 1. The zero-order valence-electron chi connectivity index (χ0n) is 12.0. The lowest BCUT2D eigenvalue weighted by molar-refractivity contribution is -0.384. The predicted molar refractivity (Wildman–Crippen MR) is 80.6 cm³/mol. The normalized spacial score (nSPS) is 11.9. The first-order valence-electron chi connectivity index (χ1n) is 6.71. The number of aryl methyl sites for hydroxylation is 1. The molecule has 2 aromatic heterocycles. The Morgan fingerprint density at radius 1 is 1.43 bits per heavy atom. The van der Waals surface area contributed by atoms with Crippen molar-refractivity contribution in [2.75, 3.05) is 17.7 Å². The standard InChI is InChI=1S/C14H18N4O3/c1-10(5-6-12-4-3-7-21-12)16-14-9-11(18(19)20)8-13(15-2)17-14/h3-4,7-10H,5-6H2,1-2H3,(H2,15,16,17). The molecule has 112 valence electrons. The van der Waals surface area contributed by atoms with E-state index in [1.165, 1.54) is 12.1 Å². The van der Waals surface area contributed by atoms with Crippen molar-refractivity contribution in [3.8, 4) is 0 Å². The van der Waals surface area contributed by atoms with E-state index in [1.807, 2.05) is 19.1 Å². The summed E-state index contributed by atoms with van der Waals surface area (Å²) in [6.07, 6.45) is 3.29. The summed E-state index contributed by atoms with van der Waals surface area (Å²) in [4.78, 5) is 14.7. The quantitative estimate of drug-likeness (QED) is 0.601. The molecule has 0 fully saturated rings. The molecular weight excluding hydrogens is 272 g/mol. The van der Waals surface area contributed by atoms with Crippen LogP contribution in [0.4, 0.5) is 17.3 Å². The summed E-state index contributed by atoms with van der Waals surface area (Å²) in [5.74, 6) is 1.87. The van der Waals surface area contributed by atoms with Gasteiger partial charge in [0.05, 0.1) is 23.3 Å². The summed E-state index contributed by atoms with van der Waals surface area (Å²) in [5, 5.41) is 16.9. The van der Waals surface area contributed by atoms with Crippen molar-refractivity contribution in [1.82, 2.24) is 4.98 Å². The van der Waals surface area contributed by atoms with Crippen LogP contribution in [0.1, 0.15) is 19.1 Å². The maximum atomic E-state index is 10.9. The molecule has 2 heterocycles. The highest BCUT2D eigenvalue weighted by molar-refractivity contribution is 5.54. The van der Waals surface area contributed by atoms with Crippen molar-refractivity contribution in [2.24, 2.45) is 0 Å². The highest BCUT2D eigenvalue weighted by Gasteiger charge is 2.12. The van der Waals surface area contributed by atoms with Crippen LogP contribution in [0.3, 0.4) is 0 Å². The second-order valence-electron chi connectivity index (χ2n) is 4.77. The Morgan fingerprint density at radius 2 is 2.19 bits per heavy atom. The second-order valence-corrected chi connectivity index (χ2v) is 4.77. The van der Waals surface area contributed by atoms with E-state index in [4.69, 9.17) is 4.42 Å². The summed E-state index contributed by atoms with van der Waals surface area (Å²) in [6, 6.07) is 6.74. The SMILES string of the molecule is CNc1cc([N+](=O)[O-])cc(NC(C)CCc2ccco2)n1. The highest BCUT2D eigenvalue weighted by atomic mass is 16.6. The Bertz CT molecular complexity index is 598. The smallest absolute Gasteiger partial charge is 0.276 e. The van der Waals surface area contributed by atoms with E-state index in [2.05, 4.69) is 15.6 Å². The van der Waals surface area contributed by atoms with Gasteiger partial charge in [0.2, 0.25) is 0 Å². The van der Waals surface area contributed by atoms with E-state index in [1.54, 1.807) is 13.3 Å². The first kappa shape index (κ1) is 14.8. The number of anilines is 2. The lowest BCUT2D eigenvalue weighted by atomic mass is 10.1. The van der Waals surface area contributed by atoms with Crippen LogP contribution in [0.5, 0.6) is 0 Å². The predicted octanol–water partition coefficient (Wildman–Crippen LogP) is 3.06. The summed E-state index contributed by atoms with van der Waals surface area (Å²) < 4.78 is 5.28. The molecule has 0 amide bonds. The average Bonchev–Trinajstić information content (AvgIpc) is 2.98. The van der Waals surface area contributed by atoms with Crippen molar-refractivity contribution in [3.05, 3.63) is 46.4 Å². The fourth-order valence-electron chi connectivity index (χ4n) is 1.96. The molecule has 0 aliphatic carbocycles. The monoisotopic (exact) mass is 290 g/mol. The van der Waals surface area contributed by atoms with Gasteiger partial charge in [-0.05, 0) is 25.5 Å². The van der Waals surface area contributed by atoms with Gasteiger partial charge in [0, 0.05) is 19.5 Å². The largest absolute Gasteiger partial charge is 0.469 e. The Balaban J connectivity index is 2.00. The molecule has 0 bridgehead atoms. The number of hydrogen-bond donors (Lipinski definition) is 2. The number of nitro groups is 1. The van der Waals surface area contributed by atoms with Gasteiger partial charge in [-0.2, -0.15) is 0 Å². The molecule has 2 aromatic rings. The van der Waals surface area contributed by atoms with Crippen LogP contribution in [0, 0.1) is 10.1 Å². The Morgan fingerprint density at radius 3 is 2.81 bits per heavy atom. The van der Waals surface area contributed by atoms with Crippen LogP contribution in [0.15, 0.2) is 34.9 Å². The van der Waals surface area contributed by atoms with Crippen LogP contribution in [0.25, 0.3) is 0 Å². The third-order valence-electron chi connectivity index (χ3n) is 3.08. The molecule has 1 unspecified atom stereocenters. The highest BCUT2D eigenvalue weighted by Crippen LogP contribution is 2.21. The van der Waals surface area contributed by atoms with Crippen LogP contribution in [-0.2, 0) is 6.42 Å². The number of nitrogens with zero attached hydrogens (tertiary/aromatic N) is 2. The second kappa shape index (κ2) is 6.74. The maximum Gasteiger partial charge on any atom is 0.276 e. The number of pyridine rings is 1. The van der Waals surface area contributed by atoms with Gasteiger partial charge in [-0.3, -0.25) is 10.1 Å². The summed E-state index contributed by atoms with van der Waals surface area (Å²) in [5.41, 5.74) is 0.00934. The minimum Gasteiger partial charge on any atom is -0.469 e. The van der Waals surface area contributed by atoms with Crippen LogP contribution in [0.2, 0.25) is 0 Å². The number of rotatable bonds is 7. The van der Waals surface area contributed by atoms with Gasteiger partial charge in [0.15, 0.2) is 0 Å². The fraction of sp³-hybridized carbons (Fsp3) is 0.357. The van der Waals surface area contributed by atoms with Gasteiger partial charge in [-0.15, -0.1) is 0 Å². The van der Waals surface area contributed by atoms with E-state index in [0.29, 0.717) is 11.6 Å². The fourth-order valence-corrected chi connectivity index (χ4v) is 1.96. The zero-order chi connectivity index (χ0) is 15.2. The molecule has 0 radical (unpaired) electrons. The van der Waals surface area contributed by atoms with E-state index >= 15 is 0 Å². The van der Waals surface area contributed by atoms with E-state index in [-0.39, 0.29) is 11.7 Å². The minimum atomic E-state index is -0.429. The van der Waals surface area contributed by atoms with Crippen LogP contribution < -0.4 is 10.6 Å². The molecule has 0 aliphatic heterocycles. The maximum absolute atomic E-state index is 10.9. The van der Waals surface area contributed by atoms with Crippen molar-refractivity contribution >= 4 is 17.3 Å². The molecule has 0 aliphatic rings. The number of aromatic nitrogens is 1. The first-order valence-corrected chi connectivity index (χ1v) is 6.71. The van der Waals surface area contributed by atoms with Gasteiger partial charge < -0.3 is 15.1 Å². The molecule has 2 rings (SSSR count). The molecule has 0 aromatic carbocycles. The lowest BCUT2D eigenvalue weighted by Crippen LogP contribution is -2.17. The first-order chi connectivity index (χ1) is 10.1. The zero-order valence-corrected chi connectivity index (χ0v) is 12.0. The molecule has 21 heavy (non-hydrogen) atoms. The summed E-state index contributed by atoms with van der Waals surface area (Å²) in [7, 11) is 1.68. The van der Waals surface area contributed by atoms with Crippen molar-refractivity contribution in [2.45, 2.75) is 25.8 Å². The van der Waals surface area contributed by atoms with Gasteiger partial charge in [-0.1, -0.05) is 0 Å². The molecule has 0 saturated heterocycles. The summed E-state index contributed by atoms with van der Waals surface area (Å²) >= 11 is 0. The Hall–Kier alpha value is -2.57. The van der Waals surface area contributed by atoms with Gasteiger partial charge in [0.25, 0.3) is 5.69 Å². The van der Waals surface area contributed by atoms with Crippen LogP contribution >= 0.6 is 0 Å². The van der Waals surface area contributed by atoms with E-state index in [0.717, 1.165) is 18.6 Å². The minimum absolute atomic E-state index is 0.00934. The Labute approximate surface area is 122 Å². The molecule has 7 heteroatoms. The topological polar surface area (TPSA) is 93.2 Å². The van der Waals surface area contributed by atoms with Gasteiger partial charge in [0.1, 0.15) is 17.4 Å². The molecular formula is C14H18N4O3. The van der Waals surface area contributed by atoms with Gasteiger partial charge in [-0.25, -0.2) is 4.98 Å².